The van der Waals surface area contributed by atoms with Gasteiger partial charge in [-0.1, -0.05) is 85.0 Å². The van der Waals surface area contributed by atoms with Gasteiger partial charge in [-0.15, -0.1) is 0 Å². The maximum atomic E-state index is 2.38. The summed E-state index contributed by atoms with van der Waals surface area (Å²) in [5, 5.41) is 0. The molecular weight excluding hydrogens is 701 g/mol. The van der Waals surface area contributed by atoms with Crippen LogP contribution in [0.4, 0.5) is 34.1 Å². The molecule has 0 amide bonds. The minimum atomic E-state index is 1.15. The summed E-state index contributed by atoms with van der Waals surface area (Å²) in [6.45, 7) is 22.0. The van der Waals surface area contributed by atoms with E-state index in [0.29, 0.717) is 0 Å². The van der Waals surface area contributed by atoms with Crippen LogP contribution in [0.15, 0.2) is 133 Å². The zero-order valence-corrected chi connectivity index (χ0v) is 35.9. The van der Waals surface area contributed by atoms with Crippen LogP contribution in [0.1, 0.15) is 77.9 Å². The Hall–Kier alpha value is -6.38. The average molecular weight is 757 g/mol. The molecule has 0 aliphatic heterocycles. The summed E-state index contributed by atoms with van der Waals surface area (Å²) >= 11 is 0. The Morgan fingerprint density at radius 2 is 0.603 bits per heavy atom. The van der Waals surface area contributed by atoms with Crippen LogP contribution >= 0.6 is 0 Å². The molecule has 58 heavy (non-hydrogen) atoms. The largest absolute Gasteiger partial charge is 0.310 e. The first kappa shape index (κ1) is 39.8. The van der Waals surface area contributed by atoms with E-state index in [2.05, 4.69) is 237 Å². The van der Waals surface area contributed by atoms with Gasteiger partial charge in [-0.05, 0) is 220 Å². The van der Waals surface area contributed by atoms with Gasteiger partial charge in [-0.2, -0.15) is 0 Å². The molecule has 0 bridgehead atoms. The van der Waals surface area contributed by atoms with Crippen LogP contribution in [0.25, 0.3) is 24.3 Å². The number of benzene rings is 7. The van der Waals surface area contributed by atoms with Gasteiger partial charge in [0, 0.05) is 34.1 Å². The third-order valence-electron chi connectivity index (χ3n) is 11.8. The summed E-state index contributed by atoms with van der Waals surface area (Å²) in [6.07, 6.45) is 8.98. The summed E-state index contributed by atoms with van der Waals surface area (Å²) in [5.41, 5.74) is 24.6. The lowest BCUT2D eigenvalue weighted by Crippen LogP contribution is -2.11. The smallest absolute Gasteiger partial charge is 0.0467 e. The molecule has 0 saturated carbocycles. The lowest BCUT2D eigenvalue weighted by molar-refractivity contribution is 1.21. The Balaban J connectivity index is 1.16. The van der Waals surface area contributed by atoms with Crippen molar-refractivity contribution in [3.05, 3.63) is 211 Å². The Kier molecular flexibility index (Phi) is 11.7. The van der Waals surface area contributed by atoms with Crippen molar-refractivity contribution in [2.45, 2.75) is 69.2 Å². The highest BCUT2D eigenvalue weighted by Crippen LogP contribution is 2.39. The molecule has 2 heteroatoms. The van der Waals surface area contributed by atoms with Gasteiger partial charge in [0.05, 0.1) is 0 Å². The molecule has 2 nitrogen and oxygen atoms in total. The van der Waals surface area contributed by atoms with Gasteiger partial charge in [0.1, 0.15) is 0 Å². The second-order valence-corrected chi connectivity index (χ2v) is 16.1. The number of nitrogens with zero attached hydrogens (tertiary/aromatic N) is 2. The lowest BCUT2D eigenvalue weighted by Gasteiger charge is -2.27. The normalized spacial score (nSPS) is 11.5. The molecule has 7 aromatic carbocycles. The first-order chi connectivity index (χ1) is 27.9. The van der Waals surface area contributed by atoms with E-state index in [9.17, 15) is 0 Å². The summed E-state index contributed by atoms with van der Waals surface area (Å²) in [4.78, 5) is 4.76. The van der Waals surface area contributed by atoms with Gasteiger partial charge in [0.25, 0.3) is 0 Å². The van der Waals surface area contributed by atoms with Crippen molar-refractivity contribution < 1.29 is 0 Å². The van der Waals surface area contributed by atoms with Crippen molar-refractivity contribution >= 4 is 58.4 Å². The fourth-order valence-electron chi connectivity index (χ4n) is 7.86. The molecule has 0 aromatic heterocycles. The van der Waals surface area contributed by atoms with Crippen molar-refractivity contribution in [1.29, 1.82) is 0 Å². The molecule has 0 fully saturated rings. The molecular formula is C56H56N2. The van der Waals surface area contributed by atoms with E-state index in [0.717, 1.165) is 22.7 Å². The fraction of sp³-hybridized carbons (Fsp3) is 0.179. The first-order valence-electron chi connectivity index (χ1n) is 20.4. The quantitative estimate of drug-likeness (QED) is 0.128. The predicted molar refractivity (Wildman–Crippen MR) is 254 cm³/mol. The topological polar surface area (TPSA) is 6.48 Å². The highest BCUT2D eigenvalue weighted by Gasteiger charge is 2.17. The molecule has 0 unspecified atom stereocenters. The number of rotatable bonds is 10. The molecule has 0 spiro atoms. The monoisotopic (exact) mass is 756 g/mol. The summed E-state index contributed by atoms with van der Waals surface area (Å²) in [6, 6.07) is 49.0. The highest BCUT2D eigenvalue weighted by atomic mass is 15.1. The molecule has 290 valence electrons. The third kappa shape index (κ3) is 8.62. The Bertz CT molecular complexity index is 2460. The van der Waals surface area contributed by atoms with Gasteiger partial charge < -0.3 is 9.80 Å². The molecule has 0 saturated heterocycles. The van der Waals surface area contributed by atoms with Crippen molar-refractivity contribution in [1.82, 2.24) is 0 Å². The third-order valence-corrected chi connectivity index (χ3v) is 11.8. The summed E-state index contributed by atoms with van der Waals surface area (Å²) < 4.78 is 0. The van der Waals surface area contributed by atoms with E-state index in [-0.39, 0.29) is 0 Å². The molecule has 0 atom stereocenters. The zero-order chi connectivity index (χ0) is 41.1. The van der Waals surface area contributed by atoms with E-state index >= 15 is 0 Å². The molecule has 7 rings (SSSR count). The van der Waals surface area contributed by atoms with E-state index in [4.69, 9.17) is 0 Å². The van der Waals surface area contributed by atoms with Crippen molar-refractivity contribution in [3.8, 4) is 0 Å². The SMILES string of the molecule is Cc1cccc(N(c2ccc(/C=C/c3ccccc3/C=C/c3ccc(N(c4cccc(C)c4)c4cc(C)c(C)c(C)c4)cc3C)c(C)c2)c2cc(C)c(C)c(C)c2)c1. The predicted octanol–water partition coefficient (Wildman–Crippen LogP) is 16.1. The van der Waals surface area contributed by atoms with Crippen LogP contribution in [-0.4, -0.2) is 0 Å². The van der Waals surface area contributed by atoms with Crippen LogP contribution in [0.2, 0.25) is 0 Å². The number of aryl methyl sites for hydroxylation is 8. The van der Waals surface area contributed by atoms with Gasteiger partial charge in [-0.25, -0.2) is 0 Å². The Morgan fingerprint density at radius 3 is 0.948 bits per heavy atom. The molecule has 0 aliphatic rings. The van der Waals surface area contributed by atoms with Crippen molar-refractivity contribution in [2.75, 3.05) is 9.80 Å². The first-order valence-corrected chi connectivity index (χ1v) is 20.4. The maximum Gasteiger partial charge on any atom is 0.0467 e. The molecule has 0 aliphatic carbocycles. The van der Waals surface area contributed by atoms with E-state index in [1.807, 2.05) is 0 Å². The molecule has 0 N–H and O–H groups in total. The van der Waals surface area contributed by atoms with Gasteiger partial charge >= 0.3 is 0 Å². The Morgan fingerprint density at radius 1 is 0.276 bits per heavy atom. The molecule has 7 aromatic rings. The van der Waals surface area contributed by atoms with Gasteiger partial charge in [0.15, 0.2) is 0 Å². The van der Waals surface area contributed by atoms with Crippen molar-refractivity contribution in [2.24, 2.45) is 0 Å². The maximum absolute atomic E-state index is 2.38. The van der Waals surface area contributed by atoms with Crippen LogP contribution in [-0.2, 0) is 0 Å². The lowest BCUT2D eigenvalue weighted by atomic mass is 10.00. The van der Waals surface area contributed by atoms with E-state index in [1.54, 1.807) is 0 Å². The summed E-state index contributed by atoms with van der Waals surface area (Å²) in [7, 11) is 0. The average Bonchev–Trinajstić information content (AvgIpc) is 3.19. The number of hydrogen-bond acceptors (Lipinski definition) is 2. The fourth-order valence-corrected chi connectivity index (χ4v) is 7.86. The van der Waals surface area contributed by atoms with E-state index < -0.39 is 0 Å². The van der Waals surface area contributed by atoms with E-state index in [1.165, 1.54) is 89.3 Å². The van der Waals surface area contributed by atoms with Gasteiger partial charge in [0.2, 0.25) is 0 Å². The van der Waals surface area contributed by atoms with Crippen molar-refractivity contribution in [3.63, 3.8) is 0 Å². The molecule has 0 heterocycles. The van der Waals surface area contributed by atoms with Crippen LogP contribution in [0.5, 0.6) is 0 Å². The highest BCUT2D eigenvalue weighted by molar-refractivity contribution is 5.84. The van der Waals surface area contributed by atoms with Crippen LogP contribution < -0.4 is 9.80 Å². The minimum Gasteiger partial charge on any atom is -0.310 e. The second kappa shape index (κ2) is 17.0. The molecule has 0 radical (unpaired) electrons. The van der Waals surface area contributed by atoms with Crippen LogP contribution in [0.3, 0.4) is 0 Å². The zero-order valence-electron chi connectivity index (χ0n) is 35.9. The number of anilines is 6. The van der Waals surface area contributed by atoms with Gasteiger partial charge in [-0.3, -0.25) is 0 Å². The second-order valence-electron chi connectivity index (χ2n) is 16.1. The summed E-state index contributed by atoms with van der Waals surface area (Å²) in [5.74, 6) is 0. The standard InChI is InChI=1S/C56H56N2/c1-37-15-13-19-51(29-37)57(55-31-39(3)45(9)40(4)32-55)53-27-25-47(43(7)35-53)21-23-49-17-11-12-18-50(49)24-22-48-26-28-54(36-44(48)8)58(52-20-14-16-38(2)30-52)56-33-41(5)46(10)42(6)34-56/h11-36H,1-10H3/b23-21+,24-22+. The minimum absolute atomic E-state index is 1.15. The number of hydrogen-bond donors (Lipinski definition) is 0. The van der Waals surface area contributed by atoms with Crippen LogP contribution in [0, 0.1) is 69.2 Å². The Labute approximate surface area is 347 Å².